The van der Waals surface area contributed by atoms with Crippen LogP contribution in [0.25, 0.3) is 0 Å². The molecule has 106 valence electrons. The van der Waals surface area contributed by atoms with Crippen LogP contribution in [0.2, 0.25) is 0 Å². The van der Waals surface area contributed by atoms with E-state index in [0.717, 1.165) is 30.7 Å². The number of thiazole rings is 1. The quantitative estimate of drug-likeness (QED) is 0.888. The highest BCUT2D eigenvalue weighted by molar-refractivity contribution is 7.11. The number of likely N-dealkylation sites (N-methyl/N-ethyl adjacent to an activating group) is 1. The van der Waals surface area contributed by atoms with Gasteiger partial charge in [0.15, 0.2) is 0 Å². The third kappa shape index (κ3) is 2.73. The first-order chi connectivity index (χ1) is 9.17. The summed E-state index contributed by atoms with van der Waals surface area (Å²) in [5, 5.41) is 5.09. The van der Waals surface area contributed by atoms with Gasteiger partial charge in [-0.25, -0.2) is 4.98 Å². The number of fused-ring (bicyclic) bond motifs is 2. The lowest BCUT2D eigenvalue weighted by Gasteiger charge is -2.30. The standard InChI is InChI=1S/C16H26N2S/c1-4-17-15(9-16-18-10(2)11(3)19-16)14-8-12-5-6-13(14)7-12/h12-15,17H,4-9H2,1-3H3. The van der Waals surface area contributed by atoms with Gasteiger partial charge in [0.05, 0.1) is 10.7 Å². The molecule has 2 bridgehead atoms. The Bertz CT molecular complexity index is 420. The summed E-state index contributed by atoms with van der Waals surface area (Å²) in [6.07, 6.45) is 7.08. The molecule has 0 amide bonds. The molecule has 4 unspecified atom stereocenters. The van der Waals surface area contributed by atoms with Crippen LogP contribution in [-0.2, 0) is 6.42 Å². The lowest BCUT2D eigenvalue weighted by molar-refractivity contribution is 0.249. The number of aromatic nitrogens is 1. The predicted molar refractivity (Wildman–Crippen MR) is 81.7 cm³/mol. The number of hydrogen-bond donors (Lipinski definition) is 1. The fourth-order valence-corrected chi connectivity index (χ4v) is 5.23. The number of hydrogen-bond acceptors (Lipinski definition) is 3. The van der Waals surface area contributed by atoms with Crippen molar-refractivity contribution in [2.75, 3.05) is 6.54 Å². The Morgan fingerprint density at radius 1 is 1.32 bits per heavy atom. The summed E-state index contributed by atoms with van der Waals surface area (Å²) in [6.45, 7) is 7.64. The Morgan fingerprint density at radius 2 is 2.16 bits per heavy atom. The van der Waals surface area contributed by atoms with E-state index in [1.54, 1.807) is 0 Å². The molecule has 19 heavy (non-hydrogen) atoms. The summed E-state index contributed by atoms with van der Waals surface area (Å²) in [5.74, 6) is 2.94. The molecule has 1 aromatic heterocycles. The van der Waals surface area contributed by atoms with Crippen molar-refractivity contribution in [3.8, 4) is 0 Å². The fourth-order valence-electron chi connectivity index (χ4n) is 4.24. The van der Waals surface area contributed by atoms with Gasteiger partial charge in [0.25, 0.3) is 0 Å². The van der Waals surface area contributed by atoms with Crippen LogP contribution in [0.15, 0.2) is 0 Å². The Balaban J connectivity index is 1.70. The van der Waals surface area contributed by atoms with Gasteiger partial charge >= 0.3 is 0 Å². The molecule has 0 aromatic carbocycles. The lowest BCUT2D eigenvalue weighted by atomic mass is 9.82. The van der Waals surface area contributed by atoms with Crippen molar-refractivity contribution in [1.29, 1.82) is 0 Å². The molecule has 4 atom stereocenters. The van der Waals surface area contributed by atoms with Crippen molar-refractivity contribution in [3.63, 3.8) is 0 Å². The zero-order valence-electron chi connectivity index (χ0n) is 12.4. The monoisotopic (exact) mass is 278 g/mol. The summed E-state index contributed by atoms with van der Waals surface area (Å²) in [4.78, 5) is 6.13. The molecule has 3 rings (SSSR count). The first kappa shape index (κ1) is 13.6. The highest BCUT2D eigenvalue weighted by Crippen LogP contribution is 2.50. The number of rotatable bonds is 5. The van der Waals surface area contributed by atoms with Crippen LogP contribution in [0, 0.1) is 31.6 Å². The molecule has 2 aliphatic carbocycles. The Labute approximate surface area is 121 Å². The highest BCUT2D eigenvalue weighted by atomic mass is 32.1. The van der Waals surface area contributed by atoms with Crippen LogP contribution in [0.1, 0.15) is 48.2 Å². The van der Waals surface area contributed by atoms with Gasteiger partial charge in [0.2, 0.25) is 0 Å². The third-order valence-corrected chi connectivity index (χ3v) is 6.34. The second-order valence-corrected chi connectivity index (χ2v) is 7.74. The van der Waals surface area contributed by atoms with Crippen LogP contribution in [0.3, 0.4) is 0 Å². The molecule has 1 heterocycles. The maximum atomic E-state index is 4.74. The first-order valence-corrected chi connectivity index (χ1v) is 8.65. The van der Waals surface area contributed by atoms with Crippen molar-refractivity contribution in [2.24, 2.45) is 17.8 Å². The van der Waals surface area contributed by atoms with E-state index in [1.807, 2.05) is 11.3 Å². The fraction of sp³-hybridized carbons (Fsp3) is 0.812. The van der Waals surface area contributed by atoms with E-state index in [0.29, 0.717) is 6.04 Å². The van der Waals surface area contributed by atoms with Gasteiger partial charge in [-0.1, -0.05) is 13.3 Å². The molecular weight excluding hydrogens is 252 g/mol. The van der Waals surface area contributed by atoms with Crippen LogP contribution in [0.4, 0.5) is 0 Å². The molecule has 3 heteroatoms. The van der Waals surface area contributed by atoms with E-state index < -0.39 is 0 Å². The van der Waals surface area contributed by atoms with Gasteiger partial charge in [0.1, 0.15) is 0 Å². The van der Waals surface area contributed by atoms with E-state index >= 15 is 0 Å². The van der Waals surface area contributed by atoms with E-state index in [1.165, 1.54) is 41.3 Å². The predicted octanol–water partition coefficient (Wildman–Crippen LogP) is 3.72. The molecule has 0 saturated heterocycles. The van der Waals surface area contributed by atoms with E-state index in [9.17, 15) is 0 Å². The minimum absolute atomic E-state index is 0.658. The molecule has 2 nitrogen and oxygen atoms in total. The number of aryl methyl sites for hydroxylation is 2. The van der Waals surface area contributed by atoms with Gasteiger partial charge in [-0.15, -0.1) is 11.3 Å². The lowest BCUT2D eigenvalue weighted by Crippen LogP contribution is -2.40. The molecular formula is C16H26N2S. The van der Waals surface area contributed by atoms with Crippen molar-refractivity contribution in [1.82, 2.24) is 10.3 Å². The maximum Gasteiger partial charge on any atom is 0.0946 e. The first-order valence-electron chi connectivity index (χ1n) is 7.83. The normalized spacial score (nSPS) is 31.0. The van der Waals surface area contributed by atoms with E-state index in [2.05, 4.69) is 26.1 Å². The van der Waals surface area contributed by atoms with Crippen LogP contribution in [-0.4, -0.2) is 17.6 Å². The van der Waals surface area contributed by atoms with Crippen LogP contribution in [0.5, 0.6) is 0 Å². The molecule has 1 N–H and O–H groups in total. The van der Waals surface area contributed by atoms with Gasteiger partial charge < -0.3 is 5.32 Å². The summed E-state index contributed by atoms with van der Waals surface area (Å²) < 4.78 is 0. The van der Waals surface area contributed by atoms with Gasteiger partial charge in [-0.2, -0.15) is 0 Å². The zero-order valence-corrected chi connectivity index (χ0v) is 13.2. The summed E-state index contributed by atoms with van der Waals surface area (Å²) in [6, 6.07) is 0.658. The number of nitrogens with zero attached hydrogens (tertiary/aromatic N) is 1. The topological polar surface area (TPSA) is 24.9 Å². The molecule has 0 aliphatic heterocycles. The average Bonchev–Trinajstić information content (AvgIpc) is 3.06. The van der Waals surface area contributed by atoms with Gasteiger partial charge in [0, 0.05) is 17.3 Å². The second kappa shape index (κ2) is 5.53. The molecule has 1 aromatic rings. The highest BCUT2D eigenvalue weighted by Gasteiger charge is 2.42. The third-order valence-electron chi connectivity index (χ3n) is 5.24. The Morgan fingerprint density at radius 3 is 2.68 bits per heavy atom. The molecule has 0 spiro atoms. The van der Waals surface area contributed by atoms with Crippen molar-refractivity contribution in [3.05, 3.63) is 15.6 Å². The van der Waals surface area contributed by atoms with E-state index in [-0.39, 0.29) is 0 Å². The largest absolute Gasteiger partial charge is 0.314 e. The summed E-state index contributed by atoms with van der Waals surface area (Å²) >= 11 is 1.90. The van der Waals surface area contributed by atoms with E-state index in [4.69, 9.17) is 4.98 Å². The second-order valence-electron chi connectivity index (χ2n) is 6.46. The minimum atomic E-state index is 0.658. The van der Waals surface area contributed by atoms with Gasteiger partial charge in [-0.3, -0.25) is 0 Å². The van der Waals surface area contributed by atoms with Crippen molar-refractivity contribution < 1.29 is 0 Å². The SMILES string of the molecule is CCNC(Cc1nc(C)c(C)s1)C1CC2CCC1C2. The molecule has 2 aliphatic rings. The average molecular weight is 278 g/mol. The zero-order chi connectivity index (χ0) is 13.4. The number of nitrogens with one attached hydrogen (secondary N) is 1. The Hall–Kier alpha value is -0.410. The molecule has 2 saturated carbocycles. The summed E-state index contributed by atoms with van der Waals surface area (Å²) in [7, 11) is 0. The van der Waals surface area contributed by atoms with Crippen molar-refractivity contribution in [2.45, 2.75) is 58.9 Å². The maximum absolute atomic E-state index is 4.74. The summed E-state index contributed by atoms with van der Waals surface area (Å²) in [5.41, 5.74) is 1.23. The van der Waals surface area contributed by atoms with Gasteiger partial charge in [-0.05, 0) is 57.4 Å². The van der Waals surface area contributed by atoms with Crippen LogP contribution >= 0.6 is 11.3 Å². The molecule has 0 radical (unpaired) electrons. The smallest absolute Gasteiger partial charge is 0.0946 e. The Kier molecular flexibility index (Phi) is 3.95. The molecule has 2 fully saturated rings. The van der Waals surface area contributed by atoms with Crippen molar-refractivity contribution >= 4 is 11.3 Å². The van der Waals surface area contributed by atoms with Crippen LogP contribution < -0.4 is 5.32 Å². The minimum Gasteiger partial charge on any atom is -0.314 e.